The van der Waals surface area contributed by atoms with E-state index in [1.54, 1.807) is 19.3 Å². The minimum Gasteiger partial charge on any atom is -0.462 e. The molecule has 0 N–H and O–H groups in total. The molecule has 0 radical (unpaired) electrons. The highest BCUT2D eigenvalue weighted by atomic mass is 16.5. The minimum atomic E-state index is -0.239. The third-order valence-electron chi connectivity index (χ3n) is 9.42. The molecule has 2 atom stereocenters. The Morgan fingerprint density at radius 3 is 2.71 bits per heavy atom. The van der Waals surface area contributed by atoms with Gasteiger partial charge in [-0.25, -0.2) is 6.57 Å². The molecule has 2 saturated heterocycles. The smallest absolute Gasteiger partial charge is 0.318 e. The number of aromatic nitrogens is 2. The summed E-state index contributed by atoms with van der Waals surface area (Å²) in [6.07, 6.45) is 6.35. The van der Waals surface area contributed by atoms with Crippen LogP contribution < -0.4 is 14.5 Å². The van der Waals surface area contributed by atoms with Crippen LogP contribution >= 0.6 is 0 Å². The molecule has 1 amide bonds. The van der Waals surface area contributed by atoms with Gasteiger partial charge in [0, 0.05) is 62.0 Å². The lowest BCUT2D eigenvalue weighted by Crippen LogP contribution is -2.56. The van der Waals surface area contributed by atoms with E-state index in [1.807, 2.05) is 4.90 Å². The Hall–Kier alpha value is -4.20. The number of ether oxygens (including phenoxy) is 2. The fourth-order valence-electron chi connectivity index (χ4n) is 6.99. The van der Waals surface area contributed by atoms with Gasteiger partial charge in [0.15, 0.2) is 0 Å². The van der Waals surface area contributed by atoms with Crippen LogP contribution in [-0.4, -0.2) is 104 Å². The highest BCUT2D eigenvalue weighted by molar-refractivity contribution is 5.97. The Balaban J connectivity index is 1.31. The number of carbonyl (C=O) groups is 1. The largest absolute Gasteiger partial charge is 0.462 e. The Morgan fingerprint density at radius 2 is 1.93 bits per heavy atom. The van der Waals surface area contributed by atoms with Crippen LogP contribution in [0.3, 0.4) is 0 Å². The molecular weight excluding hydrogens is 566 g/mol. The van der Waals surface area contributed by atoms with Crippen LogP contribution in [0.25, 0.3) is 15.6 Å². The van der Waals surface area contributed by atoms with E-state index >= 15 is 0 Å². The molecule has 3 aliphatic rings. The van der Waals surface area contributed by atoms with Gasteiger partial charge < -0.3 is 33.9 Å². The van der Waals surface area contributed by atoms with Crippen molar-refractivity contribution < 1.29 is 14.3 Å². The number of likely N-dealkylation sites (tertiary alicyclic amines) is 1. The van der Waals surface area contributed by atoms with Gasteiger partial charge in [-0.05, 0) is 56.8 Å². The van der Waals surface area contributed by atoms with Gasteiger partial charge in [-0.3, -0.25) is 4.79 Å². The van der Waals surface area contributed by atoms with E-state index in [1.165, 1.54) is 28.4 Å². The highest BCUT2D eigenvalue weighted by Gasteiger charge is 2.35. The number of anilines is 2. The average molecular weight is 610 g/mol. The van der Waals surface area contributed by atoms with Gasteiger partial charge in [0.25, 0.3) is 0 Å². The molecule has 3 aromatic rings. The molecule has 3 aliphatic heterocycles. The van der Waals surface area contributed by atoms with Crippen molar-refractivity contribution in [3.05, 3.63) is 76.8 Å². The molecule has 236 valence electrons. The predicted octanol–water partition coefficient (Wildman–Crippen LogP) is 4.11. The first kappa shape index (κ1) is 30.8. The standard InChI is InChI=1S/C35H43N7O3/c1-25-9-5-10-26-11-6-13-31(33(25)26)40-17-15-29-30(23-40)37-35(45-24-27-12-7-16-39(27)3)38-34(29)41-18-19-42(28(22-41)21-36-2)32(43)14-8-20-44-4/h5-6,8-11,13-14,27-28H,7,12,15-24H2,1,3-4H3/b14-8+/t27-,28-/m0/s1. The summed E-state index contributed by atoms with van der Waals surface area (Å²) in [5.74, 6) is 0.788. The molecule has 0 spiro atoms. The molecule has 0 bridgehead atoms. The summed E-state index contributed by atoms with van der Waals surface area (Å²) in [5.41, 5.74) is 4.60. The number of aryl methyl sites for hydroxylation is 1. The van der Waals surface area contributed by atoms with Crippen molar-refractivity contribution in [2.75, 3.05) is 76.4 Å². The van der Waals surface area contributed by atoms with Crippen LogP contribution in [0.2, 0.25) is 0 Å². The molecule has 2 fully saturated rings. The number of benzene rings is 2. The van der Waals surface area contributed by atoms with E-state index in [2.05, 4.69) is 69.9 Å². The summed E-state index contributed by atoms with van der Waals surface area (Å²) < 4.78 is 11.4. The zero-order chi connectivity index (χ0) is 31.3. The molecule has 45 heavy (non-hydrogen) atoms. The van der Waals surface area contributed by atoms with E-state index in [9.17, 15) is 4.79 Å². The minimum absolute atomic E-state index is 0.0872. The second kappa shape index (κ2) is 13.8. The van der Waals surface area contributed by atoms with E-state index in [0.717, 1.165) is 43.0 Å². The molecule has 4 heterocycles. The second-order valence-corrected chi connectivity index (χ2v) is 12.3. The number of hydrogen-bond acceptors (Lipinski definition) is 8. The number of carbonyl (C=O) groups excluding carboxylic acids is 1. The Kier molecular flexibility index (Phi) is 9.47. The zero-order valence-corrected chi connectivity index (χ0v) is 26.6. The topological polar surface area (TPSA) is 78.6 Å². The van der Waals surface area contributed by atoms with Gasteiger partial charge in [-0.2, -0.15) is 9.97 Å². The summed E-state index contributed by atoms with van der Waals surface area (Å²) in [4.78, 5) is 35.6. The zero-order valence-electron chi connectivity index (χ0n) is 26.6. The van der Waals surface area contributed by atoms with Crippen molar-refractivity contribution >= 4 is 28.2 Å². The van der Waals surface area contributed by atoms with Gasteiger partial charge in [-0.15, -0.1) is 0 Å². The molecule has 0 saturated carbocycles. The quantitative estimate of drug-likeness (QED) is 0.265. The molecule has 0 unspecified atom stereocenters. The maximum absolute atomic E-state index is 13.0. The van der Waals surface area contributed by atoms with Crippen molar-refractivity contribution in [1.82, 2.24) is 19.8 Å². The summed E-state index contributed by atoms with van der Waals surface area (Å²) in [6, 6.07) is 13.5. The van der Waals surface area contributed by atoms with Gasteiger partial charge in [0.2, 0.25) is 12.5 Å². The van der Waals surface area contributed by atoms with Crippen LogP contribution in [0.4, 0.5) is 11.5 Å². The summed E-state index contributed by atoms with van der Waals surface area (Å²) in [5, 5.41) is 2.52. The van der Waals surface area contributed by atoms with Gasteiger partial charge in [-0.1, -0.05) is 36.4 Å². The van der Waals surface area contributed by atoms with Crippen molar-refractivity contribution in [3.8, 4) is 6.01 Å². The van der Waals surface area contributed by atoms with E-state index < -0.39 is 0 Å². The number of amides is 1. The van der Waals surface area contributed by atoms with Crippen LogP contribution in [0.5, 0.6) is 6.01 Å². The Labute approximate surface area is 266 Å². The first-order valence-corrected chi connectivity index (χ1v) is 16.0. The average Bonchev–Trinajstić information content (AvgIpc) is 3.47. The van der Waals surface area contributed by atoms with Crippen LogP contribution in [0, 0.1) is 13.5 Å². The molecule has 0 aliphatic carbocycles. The van der Waals surface area contributed by atoms with Crippen molar-refractivity contribution in [1.29, 1.82) is 0 Å². The fourth-order valence-corrected chi connectivity index (χ4v) is 6.99. The van der Waals surface area contributed by atoms with Crippen molar-refractivity contribution in [2.24, 2.45) is 0 Å². The fraction of sp³-hybridized carbons (Fsp3) is 0.486. The van der Waals surface area contributed by atoms with E-state index in [4.69, 9.17) is 26.0 Å². The van der Waals surface area contributed by atoms with Gasteiger partial charge in [0.1, 0.15) is 18.5 Å². The van der Waals surface area contributed by atoms with Crippen LogP contribution in [-0.2, 0) is 22.5 Å². The van der Waals surface area contributed by atoms with Crippen molar-refractivity contribution in [3.63, 3.8) is 0 Å². The number of methoxy groups -OCH3 is 1. The van der Waals surface area contributed by atoms with Crippen LogP contribution in [0.1, 0.15) is 29.7 Å². The predicted molar refractivity (Wildman–Crippen MR) is 177 cm³/mol. The lowest BCUT2D eigenvalue weighted by molar-refractivity contribution is -0.128. The van der Waals surface area contributed by atoms with E-state index in [-0.39, 0.29) is 18.5 Å². The summed E-state index contributed by atoms with van der Waals surface area (Å²) >= 11 is 0. The highest BCUT2D eigenvalue weighted by Crippen LogP contribution is 2.36. The monoisotopic (exact) mass is 609 g/mol. The lowest BCUT2D eigenvalue weighted by atomic mass is 9.99. The maximum atomic E-state index is 13.0. The third-order valence-corrected chi connectivity index (χ3v) is 9.42. The number of piperazine rings is 1. The number of hydrogen-bond donors (Lipinski definition) is 0. The molecule has 1 aromatic heterocycles. The lowest BCUT2D eigenvalue weighted by Gasteiger charge is -2.41. The number of nitrogens with zero attached hydrogens (tertiary/aromatic N) is 7. The maximum Gasteiger partial charge on any atom is 0.318 e. The van der Waals surface area contributed by atoms with Gasteiger partial charge >= 0.3 is 6.01 Å². The molecule has 10 nitrogen and oxygen atoms in total. The molecule has 10 heteroatoms. The Morgan fingerprint density at radius 1 is 1.09 bits per heavy atom. The number of fused-ring (bicyclic) bond motifs is 2. The number of likely N-dealkylation sites (N-methyl/N-ethyl adjacent to an activating group) is 1. The molecule has 6 rings (SSSR count). The second-order valence-electron chi connectivity index (χ2n) is 12.3. The summed E-state index contributed by atoms with van der Waals surface area (Å²) in [7, 11) is 3.75. The Bertz CT molecular complexity index is 1600. The third kappa shape index (κ3) is 6.60. The summed E-state index contributed by atoms with van der Waals surface area (Å²) in [6.45, 7) is 15.2. The normalized spacial score (nSPS) is 20.5. The first-order valence-electron chi connectivity index (χ1n) is 16.0. The SMILES string of the molecule is [C-]#[N+]C[C@H]1CN(c2nc(OC[C@@H]3CCCN3C)nc3c2CCN(c2cccc4cccc(C)c24)C3)CCN1C(=O)/C=C/COC. The van der Waals surface area contributed by atoms with E-state index in [0.29, 0.717) is 51.4 Å². The number of rotatable bonds is 9. The van der Waals surface area contributed by atoms with Crippen LogP contribution in [0.15, 0.2) is 48.6 Å². The molecular formula is C35H43N7O3. The van der Waals surface area contributed by atoms with Gasteiger partial charge in [0.05, 0.1) is 18.8 Å². The molecule has 2 aromatic carbocycles. The first-order chi connectivity index (χ1) is 22.0. The van der Waals surface area contributed by atoms with Crippen molar-refractivity contribution in [2.45, 2.75) is 44.8 Å².